The minimum atomic E-state index is -0.677. The summed E-state index contributed by atoms with van der Waals surface area (Å²) in [5.74, 6) is 1.75. The van der Waals surface area contributed by atoms with Gasteiger partial charge in [-0.3, -0.25) is 0 Å². The second kappa shape index (κ2) is 5.98. The average molecular weight is 342 g/mol. The van der Waals surface area contributed by atoms with Crippen LogP contribution < -0.4 is 20.1 Å². The number of urea groups is 1. The number of amides is 2. The summed E-state index contributed by atoms with van der Waals surface area (Å²) >= 11 is 0. The van der Waals surface area contributed by atoms with E-state index in [2.05, 4.69) is 20.2 Å². The Labute approximate surface area is 146 Å². The van der Waals surface area contributed by atoms with Gasteiger partial charge in [-0.05, 0) is 25.0 Å². The molecule has 0 fully saturated rings. The Kier molecular flexibility index (Phi) is 3.78. The summed E-state index contributed by atoms with van der Waals surface area (Å²) in [4.78, 5) is 16.7. The zero-order chi connectivity index (χ0) is 17.4. The molecule has 1 aromatic heterocycles. The number of benzene rings is 1. The van der Waals surface area contributed by atoms with Gasteiger partial charge in [-0.1, -0.05) is 0 Å². The summed E-state index contributed by atoms with van der Waals surface area (Å²) in [6.07, 6.45) is 5.42. The van der Waals surface area contributed by atoms with E-state index in [-0.39, 0.29) is 6.03 Å². The van der Waals surface area contributed by atoms with Crippen molar-refractivity contribution in [3.05, 3.63) is 35.9 Å². The fourth-order valence-electron chi connectivity index (χ4n) is 3.20. The van der Waals surface area contributed by atoms with E-state index in [9.17, 15) is 4.79 Å². The molecule has 0 atom stereocenters. The lowest BCUT2D eigenvalue weighted by molar-refractivity contribution is -0.0431. The summed E-state index contributed by atoms with van der Waals surface area (Å²) < 4.78 is 13.5. The normalized spacial score (nSPS) is 17.0. The van der Waals surface area contributed by atoms with Crippen LogP contribution in [0.3, 0.4) is 0 Å². The van der Waals surface area contributed by atoms with E-state index in [0.717, 1.165) is 24.5 Å². The standard InChI is InChI=1S/C18H22N4O3/c1-18(2)24-14-7-6-12(9-15(14)25-18)21-17(23)19-10-13-11-22-8-4-3-5-16(22)20-13/h6-7,9,11H,3-5,8,10H2,1-2H3,(H2,19,21,23). The third-order valence-electron chi connectivity index (χ3n) is 4.30. The van der Waals surface area contributed by atoms with Gasteiger partial charge in [-0.15, -0.1) is 0 Å². The number of carbonyl (C=O) groups excluding carboxylic acids is 1. The number of hydrogen-bond donors (Lipinski definition) is 2. The van der Waals surface area contributed by atoms with Gasteiger partial charge in [0.25, 0.3) is 0 Å². The van der Waals surface area contributed by atoms with Gasteiger partial charge in [0.2, 0.25) is 5.79 Å². The molecule has 3 heterocycles. The second-order valence-electron chi connectivity index (χ2n) is 6.87. The van der Waals surface area contributed by atoms with Gasteiger partial charge in [0, 0.05) is 44.8 Å². The molecule has 7 nitrogen and oxygen atoms in total. The monoisotopic (exact) mass is 342 g/mol. The highest BCUT2D eigenvalue weighted by Crippen LogP contribution is 2.40. The highest BCUT2D eigenvalue weighted by atomic mass is 16.7. The largest absolute Gasteiger partial charge is 0.449 e. The molecule has 0 bridgehead atoms. The van der Waals surface area contributed by atoms with Crippen molar-refractivity contribution >= 4 is 11.7 Å². The fraction of sp³-hybridized carbons (Fsp3) is 0.444. The molecule has 2 N–H and O–H groups in total. The van der Waals surface area contributed by atoms with Gasteiger partial charge < -0.3 is 24.7 Å². The number of anilines is 1. The minimum Gasteiger partial charge on any atom is -0.449 e. The quantitative estimate of drug-likeness (QED) is 0.899. The number of aryl methyl sites for hydroxylation is 2. The van der Waals surface area contributed by atoms with Gasteiger partial charge in [0.1, 0.15) is 5.82 Å². The number of rotatable bonds is 3. The predicted molar refractivity (Wildman–Crippen MR) is 92.8 cm³/mol. The van der Waals surface area contributed by atoms with E-state index in [1.54, 1.807) is 18.2 Å². The van der Waals surface area contributed by atoms with Crippen molar-refractivity contribution in [2.45, 2.75) is 52.0 Å². The van der Waals surface area contributed by atoms with Crippen molar-refractivity contribution in [1.82, 2.24) is 14.9 Å². The van der Waals surface area contributed by atoms with E-state index in [1.807, 2.05) is 20.0 Å². The topological polar surface area (TPSA) is 77.4 Å². The fourth-order valence-corrected chi connectivity index (χ4v) is 3.20. The molecule has 4 rings (SSSR count). The molecule has 0 saturated carbocycles. The van der Waals surface area contributed by atoms with Crippen LogP contribution >= 0.6 is 0 Å². The van der Waals surface area contributed by atoms with E-state index < -0.39 is 5.79 Å². The number of imidazole rings is 1. The third-order valence-corrected chi connectivity index (χ3v) is 4.30. The number of hydrogen-bond acceptors (Lipinski definition) is 4. The summed E-state index contributed by atoms with van der Waals surface area (Å²) in [6.45, 7) is 5.11. The van der Waals surface area contributed by atoms with Crippen molar-refractivity contribution in [2.75, 3.05) is 5.32 Å². The SMILES string of the molecule is CC1(C)Oc2ccc(NC(=O)NCc3cn4c(n3)CCCC4)cc2O1. The van der Waals surface area contributed by atoms with Crippen LogP contribution in [0.25, 0.3) is 0 Å². The number of nitrogens with zero attached hydrogens (tertiary/aromatic N) is 2. The molecule has 25 heavy (non-hydrogen) atoms. The van der Waals surface area contributed by atoms with Crippen molar-refractivity contribution < 1.29 is 14.3 Å². The maximum absolute atomic E-state index is 12.1. The molecule has 7 heteroatoms. The molecule has 0 spiro atoms. The molecule has 1 aromatic carbocycles. The molecule has 2 aliphatic rings. The number of ether oxygens (including phenoxy) is 2. The molecule has 132 valence electrons. The van der Waals surface area contributed by atoms with E-state index in [4.69, 9.17) is 9.47 Å². The molecule has 2 aromatic rings. The minimum absolute atomic E-state index is 0.274. The van der Waals surface area contributed by atoms with Gasteiger partial charge in [-0.2, -0.15) is 0 Å². The first-order chi connectivity index (χ1) is 12.0. The van der Waals surface area contributed by atoms with Crippen LogP contribution in [-0.2, 0) is 19.5 Å². The third kappa shape index (κ3) is 3.40. The van der Waals surface area contributed by atoms with Crippen LogP contribution in [0.5, 0.6) is 11.5 Å². The zero-order valence-corrected chi connectivity index (χ0v) is 14.5. The van der Waals surface area contributed by atoms with Crippen molar-refractivity contribution in [3.63, 3.8) is 0 Å². The number of nitrogens with one attached hydrogen (secondary N) is 2. The molecule has 0 unspecified atom stereocenters. The lowest BCUT2D eigenvalue weighted by Gasteiger charge is -2.16. The van der Waals surface area contributed by atoms with Crippen LogP contribution in [-0.4, -0.2) is 21.4 Å². The van der Waals surface area contributed by atoms with Crippen molar-refractivity contribution in [3.8, 4) is 11.5 Å². The first kappa shape index (κ1) is 15.8. The molecule has 0 radical (unpaired) electrons. The van der Waals surface area contributed by atoms with E-state index in [0.29, 0.717) is 23.7 Å². The molecular formula is C18H22N4O3. The Hall–Kier alpha value is -2.70. The van der Waals surface area contributed by atoms with Gasteiger partial charge in [0.05, 0.1) is 12.2 Å². The smallest absolute Gasteiger partial charge is 0.319 e. The highest BCUT2D eigenvalue weighted by Gasteiger charge is 2.31. The maximum Gasteiger partial charge on any atom is 0.319 e. The average Bonchev–Trinajstić information content (AvgIpc) is 3.11. The lowest BCUT2D eigenvalue weighted by atomic mass is 10.2. The summed E-state index contributed by atoms with van der Waals surface area (Å²) in [5, 5.41) is 5.65. The van der Waals surface area contributed by atoms with Crippen LogP contribution in [0, 0.1) is 0 Å². The van der Waals surface area contributed by atoms with Crippen LogP contribution in [0.4, 0.5) is 10.5 Å². The predicted octanol–water partition coefficient (Wildman–Crippen LogP) is 3.05. The van der Waals surface area contributed by atoms with Crippen molar-refractivity contribution in [1.29, 1.82) is 0 Å². The second-order valence-corrected chi connectivity index (χ2v) is 6.87. The van der Waals surface area contributed by atoms with Gasteiger partial charge in [0.15, 0.2) is 11.5 Å². The Morgan fingerprint density at radius 3 is 2.96 bits per heavy atom. The number of aromatic nitrogens is 2. The Balaban J connectivity index is 1.34. The van der Waals surface area contributed by atoms with E-state index >= 15 is 0 Å². The lowest BCUT2D eigenvalue weighted by Crippen LogP contribution is -2.29. The number of fused-ring (bicyclic) bond motifs is 2. The molecular weight excluding hydrogens is 320 g/mol. The molecule has 0 saturated heterocycles. The molecule has 0 aliphatic carbocycles. The van der Waals surface area contributed by atoms with Gasteiger partial charge in [-0.25, -0.2) is 9.78 Å². The summed E-state index contributed by atoms with van der Waals surface area (Å²) in [6, 6.07) is 5.07. The first-order valence-electron chi connectivity index (χ1n) is 8.60. The zero-order valence-electron chi connectivity index (χ0n) is 14.5. The molecule has 2 amide bonds. The number of carbonyl (C=O) groups is 1. The van der Waals surface area contributed by atoms with Crippen LogP contribution in [0.15, 0.2) is 24.4 Å². The van der Waals surface area contributed by atoms with Crippen molar-refractivity contribution in [2.24, 2.45) is 0 Å². The Morgan fingerprint density at radius 1 is 1.28 bits per heavy atom. The highest BCUT2D eigenvalue weighted by molar-refractivity contribution is 5.89. The van der Waals surface area contributed by atoms with Crippen LogP contribution in [0.2, 0.25) is 0 Å². The molecule has 2 aliphatic heterocycles. The summed E-state index contributed by atoms with van der Waals surface area (Å²) in [5.41, 5.74) is 1.54. The first-order valence-corrected chi connectivity index (χ1v) is 8.60. The maximum atomic E-state index is 12.1. The summed E-state index contributed by atoms with van der Waals surface area (Å²) in [7, 11) is 0. The Morgan fingerprint density at radius 2 is 2.12 bits per heavy atom. The van der Waals surface area contributed by atoms with E-state index in [1.165, 1.54) is 12.8 Å². The van der Waals surface area contributed by atoms with Crippen LogP contribution in [0.1, 0.15) is 38.2 Å². The van der Waals surface area contributed by atoms with Gasteiger partial charge >= 0.3 is 6.03 Å². The Bertz CT molecular complexity index is 789.